The maximum absolute atomic E-state index is 12.1. The van der Waals surface area contributed by atoms with Gasteiger partial charge in [0.25, 0.3) is 0 Å². The zero-order valence-corrected chi connectivity index (χ0v) is 12.8. The number of allylic oxidation sites excluding steroid dienone is 2. The van der Waals surface area contributed by atoms with E-state index in [1.807, 2.05) is 25.1 Å². The van der Waals surface area contributed by atoms with Gasteiger partial charge in [0.1, 0.15) is 18.2 Å². The molecule has 1 atom stereocenters. The Labute approximate surface area is 127 Å². The Balaban J connectivity index is 2.20. The molecule has 1 heterocycles. The van der Waals surface area contributed by atoms with Gasteiger partial charge in [-0.25, -0.2) is 0 Å². The molecular weight excluding hydrogens is 288 g/mol. The van der Waals surface area contributed by atoms with Crippen molar-refractivity contribution in [3.63, 3.8) is 0 Å². The van der Waals surface area contributed by atoms with Crippen molar-refractivity contribution in [3.05, 3.63) is 33.2 Å². The van der Waals surface area contributed by atoms with E-state index in [0.29, 0.717) is 18.5 Å². The van der Waals surface area contributed by atoms with E-state index in [1.54, 1.807) is 11.3 Å². The van der Waals surface area contributed by atoms with Gasteiger partial charge in [0.15, 0.2) is 5.78 Å². The molecule has 0 fully saturated rings. The van der Waals surface area contributed by atoms with Crippen molar-refractivity contribution in [1.82, 2.24) is 5.32 Å². The maximum atomic E-state index is 12.1. The van der Waals surface area contributed by atoms with Crippen LogP contribution in [0.4, 0.5) is 0 Å². The predicted molar refractivity (Wildman–Crippen MR) is 78.7 cm³/mol. The minimum atomic E-state index is -0.429. The number of hydrogen-bond donors (Lipinski definition) is 1. The van der Waals surface area contributed by atoms with Gasteiger partial charge in [-0.3, -0.25) is 9.59 Å². The number of aryl methyl sites for hydroxylation is 1. The van der Waals surface area contributed by atoms with Crippen molar-refractivity contribution >= 4 is 23.1 Å². The van der Waals surface area contributed by atoms with Crippen LogP contribution in [0.2, 0.25) is 0 Å². The predicted octanol–water partition coefficient (Wildman–Crippen LogP) is 2.04. The molecule has 0 saturated carbocycles. The SMILES string of the molecule is COC(=O)CNC1=C(C#N)C(=O)C[C@@H](c2ccc(C)s2)C1. The van der Waals surface area contributed by atoms with E-state index in [4.69, 9.17) is 5.26 Å². The normalized spacial score (nSPS) is 18.3. The smallest absolute Gasteiger partial charge is 0.325 e. The Morgan fingerprint density at radius 3 is 2.86 bits per heavy atom. The van der Waals surface area contributed by atoms with E-state index >= 15 is 0 Å². The summed E-state index contributed by atoms with van der Waals surface area (Å²) >= 11 is 1.66. The van der Waals surface area contributed by atoms with E-state index in [-0.39, 0.29) is 23.8 Å². The molecule has 1 aromatic rings. The first-order valence-electron chi connectivity index (χ1n) is 6.58. The molecule has 1 N–H and O–H groups in total. The highest BCUT2D eigenvalue weighted by Crippen LogP contribution is 2.36. The van der Waals surface area contributed by atoms with Crippen LogP contribution in [0.25, 0.3) is 0 Å². The van der Waals surface area contributed by atoms with Crippen molar-refractivity contribution in [2.75, 3.05) is 13.7 Å². The van der Waals surface area contributed by atoms with Gasteiger partial charge in [-0.2, -0.15) is 5.26 Å². The van der Waals surface area contributed by atoms with Crippen LogP contribution in [0, 0.1) is 18.3 Å². The summed E-state index contributed by atoms with van der Waals surface area (Å²) in [5, 5.41) is 12.0. The topological polar surface area (TPSA) is 79.2 Å². The van der Waals surface area contributed by atoms with Crippen LogP contribution in [0.1, 0.15) is 28.5 Å². The minimum absolute atomic E-state index is 0.0412. The lowest BCUT2D eigenvalue weighted by Gasteiger charge is -2.23. The Bertz CT molecular complexity index is 640. The first-order valence-corrected chi connectivity index (χ1v) is 7.40. The fraction of sp³-hybridized carbons (Fsp3) is 0.400. The summed E-state index contributed by atoms with van der Waals surface area (Å²) in [7, 11) is 1.30. The molecule has 0 saturated heterocycles. The Hall–Kier alpha value is -2.13. The molecule has 0 aliphatic heterocycles. The maximum Gasteiger partial charge on any atom is 0.325 e. The first kappa shape index (κ1) is 15.3. The lowest BCUT2D eigenvalue weighted by Crippen LogP contribution is -2.29. The average Bonchev–Trinajstić information content (AvgIpc) is 2.90. The molecule has 1 aromatic heterocycles. The van der Waals surface area contributed by atoms with E-state index < -0.39 is 5.97 Å². The zero-order valence-electron chi connectivity index (χ0n) is 11.9. The third-order valence-corrected chi connectivity index (χ3v) is 4.58. The highest BCUT2D eigenvalue weighted by Gasteiger charge is 2.29. The fourth-order valence-electron chi connectivity index (χ4n) is 2.33. The molecule has 0 aromatic carbocycles. The Morgan fingerprint density at radius 2 is 2.29 bits per heavy atom. The second-order valence-corrected chi connectivity index (χ2v) is 6.19. The average molecular weight is 304 g/mol. The number of nitriles is 1. The quantitative estimate of drug-likeness (QED) is 0.861. The molecule has 2 rings (SSSR count). The van der Waals surface area contributed by atoms with Crippen molar-refractivity contribution in [1.29, 1.82) is 5.26 Å². The molecule has 0 bridgehead atoms. The molecule has 110 valence electrons. The number of nitrogens with zero attached hydrogens (tertiary/aromatic N) is 1. The van der Waals surface area contributed by atoms with Crippen LogP contribution >= 0.6 is 11.3 Å². The number of hydrogen-bond acceptors (Lipinski definition) is 6. The minimum Gasteiger partial charge on any atom is -0.468 e. The number of methoxy groups -OCH3 is 1. The molecule has 1 aliphatic carbocycles. The lowest BCUT2D eigenvalue weighted by molar-refractivity contribution is -0.139. The highest BCUT2D eigenvalue weighted by molar-refractivity contribution is 7.12. The molecular formula is C15H16N2O3S. The van der Waals surface area contributed by atoms with Crippen LogP contribution < -0.4 is 5.32 Å². The summed E-state index contributed by atoms with van der Waals surface area (Å²) in [5.41, 5.74) is 0.665. The van der Waals surface area contributed by atoms with E-state index in [1.165, 1.54) is 12.0 Å². The van der Waals surface area contributed by atoms with Crippen LogP contribution in [0.5, 0.6) is 0 Å². The lowest BCUT2D eigenvalue weighted by atomic mass is 9.85. The fourth-order valence-corrected chi connectivity index (χ4v) is 3.31. The van der Waals surface area contributed by atoms with Gasteiger partial charge in [0, 0.05) is 27.8 Å². The van der Waals surface area contributed by atoms with Crippen molar-refractivity contribution < 1.29 is 14.3 Å². The van der Waals surface area contributed by atoms with Crippen molar-refractivity contribution in [2.45, 2.75) is 25.7 Å². The number of esters is 1. The molecule has 0 amide bonds. The number of carbonyl (C=O) groups is 2. The van der Waals surface area contributed by atoms with E-state index in [9.17, 15) is 9.59 Å². The number of ether oxygens (including phenoxy) is 1. The molecule has 0 unspecified atom stereocenters. The molecule has 0 radical (unpaired) electrons. The molecule has 6 heteroatoms. The second-order valence-electron chi connectivity index (χ2n) is 4.87. The molecule has 5 nitrogen and oxygen atoms in total. The van der Waals surface area contributed by atoms with Gasteiger partial charge in [-0.1, -0.05) is 0 Å². The summed E-state index contributed by atoms with van der Waals surface area (Å²) in [4.78, 5) is 25.6. The highest BCUT2D eigenvalue weighted by atomic mass is 32.1. The third kappa shape index (κ3) is 3.50. The number of carbonyl (C=O) groups excluding carboxylic acids is 2. The number of ketones is 1. The van der Waals surface area contributed by atoms with Crippen LogP contribution in [0.15, 0.2) is 23.4 Å². The monoisotopic (exact) mass is 304 g/mol. The van der Waals surface area contributed by atoms with Crippen LogP contribution in [0.3, 0.4) is 0 Å². The molecule has 1 aliphatic rings. The number of rotatable bonds is 4. The Kier molecular flexibility index (Phi) is 4.76. The van der Waals surface area contributed by atoms with Gasteiger partial charge in [-0.15, -0.1) is 11.3 Å². The van der Waals surface area contributed by atoms with Crippen molar-refractivity contribution in [2.24, 2.45) is 0 Å². The Morgan fingerprint density at radius 1 is 1.52 bits per heavy atom. The number of Topliss-reactive ketones (excluding diaryl/α,β-unsaturated/α-hetero) is 1. The van der Waals surface area contributed by atoms with Gasteiger partial charge in [-0.05, 0) is 25.5 Å². The summed E-state index contributed by atoms with van der Waals surface area (Å²) in [6.07, 6.45) is 0.901. The van der Waals surface area contributed by atoms with Gasteiger partial charge in [0.2, 0.25) is 0 Å². The van der Waals surface area contributed by atoms with Crippen molar-refractivity contribution in [3.8, 4) is 6.07 Å². The number of nitrogens with one attached hydrogen (secondary N) is 1. The largest absolute Gasteiger partial charge is 0.468 e. The summed E-state index contributed by atoms with van der Waals surface area (Å²) in [6.45, 7) is 1.98. The summed E-state index contributed by atoms with van der Waals surface area (Å²) < 4.78 is 4.56. The van der Waals surface area contributed by atoms with Crippen LogP contribution in [-0.2, 0) is 14.3 Å². The third-order valence-electron chi connectivity index (χ3n) is 3.41. The van der Waals surface area contributed by atoms with E-state index in [0.717, 1.165) is 4.88 Å². The van der Waals surface area contributed by atoms with Gasteiger partial charge < -0.3 is 10.1 Å². The second kappa shape index (κ2) is 6.55. The summed E-state index contributed by atoms with van der Waals surface area (Å²) in [5.74, 6) is -0.540. The molecule has 0 spiro atoms. The standard InChI is InChI=1S/C15H16N2O3S/c1-9-3-4-14(21-9)10-5-12(17-8-15(19)20-2)11(7-16)13(18)6-10/h3-4,10,17H,5-6,8H2,1-2H3/t10-/m0/s1. The van der Waals surface area contributed by atoms with Gasteiger partial charge in [0.05, 0.1) is 7.11 Å². The first-order chi connectivity index (χ1) is 10.0. The van der Waals surface area contributed by atoms with Gasteiger partial charge >= 0.3 is 5.97 Å². The number of thiophene rings is 1. The van der Waals surface area contributed by atoms with E-state index in [2.05, 4.69) is 10.1 Å². The zero-order chi connectivity index (χ0) is 15.4. The van der Waals surface area contributed by atoms with Crippen LogP contribution in [-0.4, -0.2) is 25.4 Å². The molecule has 21 heavy (non-hydrogen) atoms. The summed E-state index contributed by atoms with van der Waals surface area (Å²) in [6, 6.07) is 5.99.